The summed E-state index contributed by atoms with van der Waals surface area (Å²) in [6.07, 6.45) is 0. The summed E-state index contributed by atoms with van der Waals surface area (Å²) in [5, 5.41) is 0. The molecule has 6 heteroatoms. The van der Waals surface area contributed by atoms with E-state index < -0.39 is 12.3 Å². The Morgan fingerprint density at radius 3 is 1.09 bits per heavy atom. The highest BCUT2D eigenvalue weighted by atomic mass is 19.1. The van der Waals surface area contributed by atoms with Crippen LogP contribution in [0.15, 0.2) is 91.0 Å². The molecule has 0 aliphatic carbocycles. The van der Waals surface area contributed by atoms with E-state index in [2.05, 4.69) is 36.4 Å². The van der Waals surface area contributed by atoms with Crippen molar-refractivity contribution in [3.63, 3.8) is 0 Å². The molecule has 0 heterocycles. The van der Waals surface area contributed by atoms with E-state index in [-0.39, 0.29) is 6.61 Å². The van der Waals surface area contributed by atoms with Crippen molar-refractivity contribution < 1.29 is 28.1 Å². The van der Waals surface area contributed by atoms with Crippen molar-refractivity contribution in [2.24, 2.45) is 0 Å². The highest BCUT2D eigenvalue weighted by Gasteiger charge is 2.37. The fourth-order valence-corrected chi connectivity index (χ4v) is 3.84. The Hall–Kier alpha value is -2.61. The van der Waals surface area contributed by atoms with E-state index in [1.165, 1.54) is 0 Å². The molecule has 3 aromatic carbocycles. The van der Waals surface area contributed by atoms with Crippen molar-refractivity contribution in [1.82, 2.24) is 0 Å². The van der Waals surface area contributed by atoms with Gasteiger partial charge in [0.2, 0.25) is 0 Å². The van der Waals surface area contributed by atoms with Crippen LogP contribution in [0.25, 0.3) is 0 Å². The van der Waals surface area contributed by atoms with Crippen LogP contribution in [0.3, 0.4) is 0 Å². The molecule has 0 spiro atoms. The molecule has 35 heavy (non-hydrogen) atoms. The minimum Gasteiger partial charge on any atom is -0.377 e. The lowest BCUT2D eigenvalue weighted by atomic mass is 9.80. The highest BCUT2D eigenvalue weighted by molar-refractivity contribution is 5.47. The number of hydrogen-bond donors (Lipinski definition) is 0. The highest BCUT2D eigenvalue weighted by Crippen LogP contribution is 2.40. The fourth-order valence-electron chi connectivity index (χ4n) is 3.84. The van der Waals surface area contributed by atoms with E-state index in [1.54, 1.807) is 0 Å². The van der Waals surface area contributed by atoms with Crippen molar-refractivity contribution in [2.45, 2.75) is 5.60 Å². The van der Waals surface area contributed by atoms with Gasteiger partial charge in [-0.25, -0.2) is 4.39 Å². The third kappa shape index (κ3) is 8.53. The lowest BCUT2D eigenvalue weighted by Crippen LogP contribution is -2.34. The van der Waals surface area contributed by atoms with E-state index in [4.69, 9.17) is 23.7 Å². The number of hydrogen-bond acceptors (Lipinski definition) is 5. The van der Waals surface area contributed by atoms with Gasteiger partial charge in [0.15, 0.2) is 0 Å². The molecule has 0 N–H and O–H groups in total. The van der Waals surface area contributed by atoms with Crippen molar-refractivity contribution in [1.29, 1.82) is 0 Å². The summed E-state index contributed by atoms with van der Waals surface area (Å²) in [7, 11) is 0. The topological polar surface area (TPSA) is 46.2 Å². The maximum Gasteiger partial charge on any atom is 0.143 e. The smallest absolute Gasteiger partial charge is 0.143 e. The molecule has 3 aromatic rings. The minimum absolute atomic E-state index is 0.115. The molecule has 0 aliphatic rings. The first kappa shape index (κ1) is 27.0. The van der Waals surface area contributed by atoms with Gasteiger partial charge in [-0.3, -0.25) is 0 Å². The van der Waals surface area contributed by atoms with Gasteiger partial charge < -0.3 is 23.7 Å². The number of ether oxygens (including phenoxy) is 5. The van der Waals surface area contributed by atoms with Gasteiger partial charge in [0, 0.05) is 0 Å². The van der Waals surface area contributed by atoms with Crippen LogP contribution in [-0.2, 0) is 29.3 Å². The van der Waals surface area contributed by atoms with Crippen molar-refractivity contribution in [2.75, 3.05) is 66.1 Å². The summed E-state index contributed by atoms with van der Waals surface area (Å²) < 4.78 is 40.2. The van der Waals surface area contributed by atoms with E-state index in [0.29, 0.717) is 52.9 Å². The van der Waals surface area contributed by atoms with Gasteiger partial charge in [-0.05, 0) is 16.7 Å². The zero-order valence-corrected chi connectivity index (χ0v) is 20.2. The number of benzene rings is 3. The van der Waals surface area contributed by atoms with Gasteiger partial charge in [0.1, 0.15) is 12.3 Å². The quantitative estimate of drug-likeness (QED) is 0.188. The second-order valence-electron chi connectivity index (χ2n) is 7.77. The third-order valence-electron chi connectivity index (χ3n) is 5.42. The summed E-state index contributed by atoms with van der Waals surface area (Å²) >= 11 is 0. The standard InChI is InChI=1S/C29H35FO5/c30-16-17-31-18-19-32-20-21-33-22-23-34-24-25-35-29(26-10-4-1-5-11-26,27-12-6-2-7-13-27)28-14-8-3-9-15-28/h1-15H,16-25H2. The van der Waals surface area contributed by atoms with E-state index in [1.807, 2.05) is 54.6 Å². The van der Waals surface area contributed by atoms with E-state index in [0.717, 1.165) is 16.7 Å². The van der Waals surface area contributed by atoms with Gasteiger partial charge >= 0.3 is 0 Å². The van der Waals surface area contributed by atoms with E-state index >= 15 is 0 Å². The lowest BCUT2D eigenvalue weighted by molar-refractivity contribution is -0.0384. The first-order valence-corrected chi connectivity index (χ1v) is 12.1. The molecule has 188 valence electrons. The van der Waals surface area contributed by atoms with E-state index in [9.17, 15) is 4.39 Å². The van der Waals surface area contributed by atoms with Gasteiger partial charge in [-0.2, -0.15) is 0 Å². The van der Waals surface area contributed by atoms with Gasteiger partial charge in [0.25, 0.3) is 0 Å². The van der Waals surface area contributed by atoms with Crippen LogP contribution in [0.5, 0.6) is 0 Å². The van der Waals surface area contributed by atoms with Crippen LogP contribution in [0.4, 0.5) is 4.39 Å². The van der Waals surface area contributed by atoms with Crippen LogP contribution in [0.1, 0.15) is 16.7 Å². The Balaban J connectivity index is 1.49. The predicted molar refractivity (Wildman–Crippen MR) is 134 cm³/mol. The lowest BCUT2D eigenvalue weighted by Gasteiger charge is -2.36. The zero-order chi connectivity index (χ0) is 24.4. The average molecular weight is 483 g/mol. The molecule has 0 radical (unpaired) electrons. The summed E-state index contributed by atoms with van der Waals surface area (Å²) in [4.78, 5) is 0. The third-order valence-corrected chi connectivity index (χ3v) is 5.42. The summed E-state index contributed by atoms with van der Waals surface area (Å²) in [6.45, 7) is 3.22. The Morgan fingerprint density at radius 2 is 0.743 bits per heavy atom. The maximum absolute atomic E-state index is 11.9. The Morgan fingerprint density at radius 1 is 0.429 bits per heavy atom. The first-order valence-electron chi connectivity index (χ1n) is 12.1. The molecule has 5 nitrogen and oxygen atoms in total. The molecule has 0 saturated heterocycles. The van der Waals surface area contributed by atoms with Gasteiger partial charge in [-0.1, -0.05) is 91.0 Å². The molecular formula is C29H35FO5. The Labute approximate surface area is 207 Å². The fraction of sp³-hybridized carbons (Fsp3) is 0.379. The minimum atomic E-state index is -0.741. The van der Waals surface area contributed by atoms with Crippen molar-refractivity contribution in [3.8, 4) is 0 Å². The molecule has 3 rings (SSSR count). The monoisotopic (exact) mass is 482 g/mol. The van der Waals surface area contributed by atoms with Gasteiger partial charge in [0.05, 0.1) is 59.5 Å². The first-order chi connectivity index (χ1) is 17.4. The molecule has 0 fully saturated rings. The number of halogens is 1. The van der Waals surface area contributed by atoms with Crippen LogP contribution in [0, 0.1) is 0 Å². The predicted octanol–water partition coefficient (Wildman–Crippen LogP) is 5.03. The molecule has 0 unspecified atom stereocenters. The maximum atomic E-state index is 11.9. The number of rotatable bonds is 18. The van der Waals surface area contributed by atoms with Crippen molar-refractivity contribution >= 4 is 0 Å². The van der Waals surface area contributed by atoms with Gasteiger partial charge in [-0.15, -0.1) is 0 Å². The zero-order valence-electron chi connectivity index (χ0n) is 20.2. The number of alkyl halides is 1. The molecule has 0 aromatic heterocycles. The van der Waals surface area contributed by atoms with Crippen LogP contribution in [-0.4, -0.2) is 66.1 Å². The summed E-state index contributed by atoms with van der Waals surface area (Å²) in [5.74, 6) is 0. The normalized spacial score (nSPS) is 11.6. The molecule has 0 bridgehead atoms. The van der Waals surface area contributed by atoms with Crippen LogP contribution in [0.2, 0.25) is 0 Å². The second-order valence-corrected chi connectivity index (χ2v) is 7.77. The largest absolute Gasteiger partial charge is 0.377 e. The average Bonchev–Trinajstić information content (AvgIpc) is 2.93. The Kier molecular flexibility index (Phi) is 12.4. The second kappa shape index (κ2) is 16.1. The van der Waals surface area contributed by atoms with Crippen LogP contribution >= 0.6 is 0 Å². The molecule has 0 amide bonds. The van der Waals surface area contributed by atoms with Crippen LogP contribution < -0.4 is 0 Å². The molecule has 0 atom stereocenters. The SMILES string of the molecule is FCCOCCOCCOCCOCCOC(c1ccccc1)(c1ccccc1)c1ccccc1. The summed E-state index contributed by atoms with van der Waals surface area (Å²) in [5.41, 5.74) is 2.46. The summed E-state index contributed by atoms with van der Waals surface area (Å²) in [6, 6.07) is 30.9. The van der Waals surface area contributed by atoms with Crippen molar-refractivity contribution in [3.05, 3.63) is 108 Å². The molecular weight excluding hydrogens is 447 g/mol. The molecule has 0 saturated carbocycles. The molecule has 0 aliphatic heterocycles. The Bertz CT molecular complexity index is 811.